The molecule has 0 aromatic rings. The Bertz CT molecular complexity index is 348. The largest absolute Gasteiger partial charge is 0.391 e. The molecule has 2 saturated carbocycles. The van der Waals surface area contributed by atoms with E-state index >= 15 is 0 Å². The van der Waals surface area contributed by atoms with Crippen LogP contribution in [0.4, 0.5) is 0 Å². The Morgan fingerprint density at radius 1 is 1.16 bits per heavy atom. The molecular formula is C15H26N2OS. The summed E-state index contributed by atoms with van der Waals surface area (Å²) in [5.41, 5.74) is 5.56. The SMILES string of the molecule is CC1CCCC1C(=O)NC1(C(N)=S)CCCCCC1. The van der Waals surface area contributed by atoms with Gasteiger partial charge in [0.15, 0.2) is 0 Å². The van der Waals surface area contributed by atoms with Gasteiger partial charge in [-0.25, -0.2) is 0 Å². The van der Waals surface area contributed by atoms with E-state index in [0.717, 1.165) is 38.5 Å². The molecule has 0 aromatic heterocycles. The fourth-order valence-electron chi connectivity index (χ4n) is 3.63. The van der Waals surface area contributed by atoms with E-state index in [4.69, 9.17) is 18.0 Å². The van der Waals surface area contributed by atoms with Crippen LogP contribution < -0.4 is 11.1 Å². The van der Waals surface area contributed by atoms with Crippen molar-refractivity contribution in [2.24, 2.45) is 17.6 Å². The normalized spacial score (nSPS) is 30.6. The summed E-state index contributed by atoms with van der Waals surface area (Å²) in [5.74, 6) is 0.836. The molecule has 2 fully saturated rings. The third kappa shape index (κ3) is 3.28. The second-order valence-corrected chi connectivity index (χ2v) is 6.80. The van der Waals surface area contributed by atoms with Gasteiger partial charge in [-0.3, -0.25) is 4.79 Å². The van der Waals surface area contributed by atoms with E-state index in [1.807, 2.05) is 0 Å². The lowest BCUT2D eigenvalue weighted by Gasteiger charge is -2.34. The zero-order valence-corrected chi connectivity index (χ0v) is 12.7. The van der Waals surface area contributed by atoms with Crippen LogP contribution in [0.25, 0.3) is 0 Å². The van der Waals surface area contributed by atoms with Gasteiger partial charge in [-0.05, 0) is 31.6 Å². The predicted molar refractivity (Wildman–Crippen MR) is 81.9 cm³/mol. The van der Waals surface area contributed by atoms with Crippen molar-refractivity contribution < 1.29 is 4.79 Å². The Balaban J connectivity index is 2.07. The van der Waals surface area contributed by atoms with E-state index in [1.54, 1.807) is 0 Å². The van der Waals surface area contributed by atoms with Crippen LogP contribution in [0.1, 0.15) is 64.7 Å². The molecule has 4 heteroatoms. The van der Waals surface area contributed by atoms with Crippen molar-refractivity contribution in [2.45, 2.75) is 70.3 Å². The van der Waals surface area contributed by atoms with E-state index in [2.05, 4.69) is 12.2 Å². The average molecular weight is 282 g/mol. The summed E-state index contributed by atoms with van der Waals surface area (Å²) < 4.78 is 0. The van der Waals surface area contributed by atoms with Crippen LogP contribution in [0.3, 0.4) is 0 Å². The minimum absolute atomic E-state index is 0.162. The molecule has 0 saturated heterocycles. The molecule has 0 heterocycles. The molecule has 3 N–H and O–H groups in total. The number of rotatable bonds is 3. The summed E-state index contributed by atoms with van der Waals surface area (Å²) in [5, 5.41) is 3.24. The first-order valence-electron chi connectivity index (χ1n) is 7.67. The number of nitrogens with one attached hydrogen (secondary N) is 1. The van der Waals surface area contributed by atoms with Crippen LogP contribution in [0, 0.1) is 11.8 Å². The maximum absolute atomic E-state index is 12.5. The number of carbonyl (C=O) groups is 1. The molecule has 0 aliphatic heterocycles. The number of nitrogens with two attached hydrogens (primary N) is 1. The lowest BCUT2D eigenvalue weighted by molar-refractivity contribution is -0.127. The molecule has 2 aliphatic carbocycles. The summed E-state index contributed by atoms with van der Waals surface area (Å²) in [7, 11) is 0. The van der Waals surface area contributed by atoms with E-state index in [0.29, 0.717) is 10.9 Å². The second-order valence-electron chi connectivity index (χ2n) is 6.36. The molecule has 1 amide bonds. The van der Waals surface area contributed by atoms with E-state index in [-0.39, 0.29) is 11.8 Å². The Morgan fingerprint density at radius 2 is 1.79 bits per heavy atom. The third-order valence-electron chi connectivity index (χ3n) is 4.99. The zero-order chi connectivity index (χ0) is 13.9. The monoisotopic (exact) mass is 282 g/mol. The molecule has 2 atom stereocenters. The highest BCUT2D eigenvalue weighted by Crippen LogP contribution is 2.33. The van der Waals surface area contributed by atoms with Gasteiger partial charge in [0.05, 0.1) is 10.5 Å². The van der Waals surface area contributed by atoms with Gasteiger partial charge in [0, 0.05) is 5.92 Å². The summed E-state index contributed by atoms with van der Waals surface area (Å²) >= 11 is 5.27. The lowest BCUT2D eigenvalue weighted by atomic mass is 9.88. The van der Waals surface area contributed by atoms with Crippen LogP contribution in [0.15, 0.2) is 0 Å². The predicted octanol–water partition coefficient (Wildman–Crippen LogP) is 2.92. The quantitative estimate of drug-likeness (QED) is 0.618. The summed E-state index contributed by atoms with van der Waals surface area (Å²) in [6.07, 6.45) is 9.83. The van der Waals surface area contributed by atoms with Crippen LogP contribution >= 0.6 is 12.2 Å². The molecule has 3 nitrogen and oxygen atoms in total. The highest BCUT2D eigenvalue weighted by Gasteiger charge is 2.39. The van der Waals surface area contributed by atoms with E-state index in [9.17, 15) is 4.79 Å². The van der Waals surface area contributed by atoms with Gasteiger partial charge >= 0.3 is 0 Å². The van der Waals surface area contributed by atoms with Crippen molar-refractivity contribution in [3.05, 3.63) is 0 Å². The van der Waals surface area contributed by atoms with Gasteiger partial charge in [-0.2, -0.15) is 0 Å². The van der Waals surface area contributed by atoms with Crippen LogP contribution in [0.5, 0.6) is 0 Å². The number of amides is 1. The minimum Gasteiger partial charge on any atom is -0.391 e. The molecule has 2 rings (SSSR count). The van der Waals surface area contributed by atoms with E-state index in [1.165, 1.54) is 19.3 Å². The van der Waals surface area contributed by atoms with Crippen molar-refractivity contribution in [3.8, 4) is 0 Å². The maximum atomic E-state index is 12.5. The van der Waals surface area contributed by atoms with Gasteiger partial charge < -0.3 is 11.1 Å². The fraction of sp³-hybridized carbons (Fsp3) is 0.867. The highest BCUT2D eigenvalue weighted by molar-refractivity contribution is 7.80. The van der Waals surface area contributed by atoms with Crippen LogP contribution in [-0.4, -0.2) is 16.4 Å². The molecule has 0 radical (unpaired) electrons. The van der Waals surface area contributed by atoms with Crippen molar-refractivity contribution in [2.75, 3.05) is 0 Å². The Morgan fingerprint density at radius 3 is 2.26 bits per heavy atom. The van der Waals surface area contributed by atoms with Crippen molar-refractivity contribution in [1.82, 2.24) is 5.32 Å². The second kappa shape index (κ2) is 6.21. The van der Waals surface area contributed by atoms with Crippen molar-refractivity contribution >= 4 is 23.1 Å². The minimum atomic E-state index is -0.411. The number of carbonyl (C=O) groups excluding carboxylic acids is 1. The summed E-state index contributed by atoms with van der Waals surface area (Å²) in [6.45, 7) is 2.18. The van der Waals surface area contributed by atoms with Gasteiger partial charge in [-0.1, -0.05) is 51.2 Å². The smallest absolute Gasteiger partial charge is 0.224 e. The lowest BCUT2D eigenvalue weighted by Crippen LogP contribution is -2.57. The highest BCUT2D eigenvalue weighted by atomic mass is 32.1. The van der Waals surface area contributed by atoms with Gasteiger partial charge in [0.25, 0.3) is 0 Å². The first-order chi connectivity index (χ1) is 9.05. The van der Waals surface area contributed by atoms with Crippen molar-refractivity contribution in [3.63, 3.8) is 0 Å². The van der Waals surface area contributed by atoms with Gasteiger partial charge in [-0.15, -0.1) is 0 Å². The molecule has 0 bridgehead atoms. The molecular weight excluding hydrogens is 256 g/mol. The van der Waals surface area contributed by atoms with Crippen LogP contribution in [-0.2, 0) is 4.79 Å². The topological polar surface area (TPSA) is 55.1 Å². The first-order valence-corrected chi connectivity index (χ1v) is 8.08. The van der Waals surface area contributed by atoms with Crippen molar-refractivity contribution in [1.29, 1.82) is 0 Å². The Kier molecular flexibility index (Phi) is 4.82. The molecule has 0 aromatic carbocycles. The van der Waals surface area contributed by atoms with Gasteiger partial charge in [0.2, 0.25) is 5.91 Å². The summed E-state index contributed by atoms with van der Waals surface area (Å²) in [4.78, 5) is 13.0. The third-order valence-corrected chi connectivity index (χ3v) is 5.38. The van der Waals surface area contributed by atoms with Crippen LogP contribution in [0.2, 0.25) is 0 Å². The standard InChI is InChI=1S/C15H26N2OS/c1-11-7-6-8-12(11)13(18)17-15(14(16)19)9-4-2-3-5-10-15/h11-12H,2-10H2,1H3,(H2,16,19)(H,17,18). The molecule has 0 spiro atoms. The molecule has 108 valence electrons. The number of hydrogen-bond acceptors (Lipinski definition) is 2. The fourth-order valence-corrected chi connectivity index (χ4v) is 3.88. The Labute approximate surface area is 121 Å². The summed E-state index contributed by atoms with van der Waals surface area (Å²) in [6, 6.07) is 0. The van der Waals surface area contributed by atoms with Gasteiger partial charge in [0.1, 0.15) is 0 Å². The average Bonchev–Trinajstić information content (AvgIpc) is 2.64. The maximum Gasteiger partial charge on any atom is 0.224 e. The first kappa shape index (κ1) is 14.8. The molecule has 2 unspecified atom stereocenters. The zero-order valence-electron chi connectivity index (χ0n) is 11.9. The molecule has 19 heavy (non-hydrogen) atoms. The Hall–Kier alpha value is -0.640. The molecule has 2 aliphatic rings. The number of hydrogen-bond donors (Lipinski definition) is 2. The number of thiocarbonyl (C=S) groups is 1. The van der Waals surface area contributed by atoms with E-state index < -0.39 is 5.54 Å².